The summed E-state index contributed by atoms with van der Waals surface area (Å²) < 4.78 is 0. The van der Waals surface area contributed by atoms with Crippen molar-refractivity contribution in [3.63, 3.8) is 0 Å². The predicted octanol–water partition coefficient (Wildman–Crippen LogP) is 1.01. The molecule has 4 nitrogen and oxygen atoms in total. The Morgan fingerprint density at radius 3 is 2.67 bits per heavy atom. The van der Waals surface area contributed by atoms with Gasteiger partial charge in [-0.05, 0) is 64.7 Å². The third kappa shape index (κ3) is 4.75. The average molecular weight is 276 g/mol. The van der Waals surface area contributed by atoms with Gasteiger partial charge in [-0.3, -0.25) is 4.79 Å². The second kappa shape index (κ2) is 7.97. The van der Waals surface area contributed by atoms with Crippen molar-refractivity contribution in [1.29, 1.82) is 0 Å². The van der Waals surface area contributed by atoms with Crippen LogP contribution in [0.15, 0.2) is 0 Å². The Labute approximate surface area is 116 Å². The van der Waals surface area contributed by atoms with Gasteiger partial charge in [-0.25, -0.2) is 0 Å². The number of amides is 1. The molecule has 18 heavy (non-hydrogen) atoms. The van der Waals surface area contributed by atoms with Crippen LogP contribution < -0.4 is 10.6 Å². The van der Waals surface area contributed by atoms with Crippen LogP contribution in [0.3, 0.4) is 0 Å². The summed E-state index contributed by atoms with van der Waals surface area (Å²) in [5.41, 5.74) is 0. The quantitative estimate of drug-likeness (QED) is 0.805. The third-order valence-electron chi connectivity index (χ3n) is 4.07. The topological polar surface area (TPSA) is 44.4 Å². The van der Waals surface area contributed by atoms with E-state index in [1.54, 1.807) is 0 Å². The van der Waals surface area contributed by atoms with E-state index in [2.05, 4.69) is 22.6 Å². The molecule has 2 heterocycles. The zero-order chi connectivity index (χ0) is 12.1. The predicted molar refractivity (Wildman–Crippen MR) is 76.1 cm³/mol. The number of likely N-dealkylation sites (tertiary alicyclic amines) is 1. The Morgan fingerprint density at radius 2 is 2.06 bits per heavy atom. The van der Waals surface area contributed by atoms with E-state index in [0.29, 0.717) is 0 Å². The highest BCUT2D eigenvalue weighted by molar-refractivity contribution is 5.85. The first-order chi connectivity index (χ1) is 8.25. The van der Waals surface area contributed by atoms with Gasteiger partial charge in [-0.15, -0.1) is 12.4 Å². The molecule has 2 saturated heterocycles. The zero-order valence-corrected chi connectivity index (χ0v) is 12.1. The molecule has 0 aromatic carbocycles. The van der Waals surface area contributed by atoms with Crippen molar-refractivity contribution in [2.45, 2.75) is 38.1 Å². The Balaban J connectivity index is 0.00000162. The van der Waals surface area contributed by atoms with Crippen molar-refractivity contribution in [3.8, 4) is 0 Å². The molecule has 0 unspecified atom stereocenters. The van der Waals surface area contributed by atoms with Crippen LogP contribution in [-0.4, -0.2) is 50.1 Å². The van der Waals surface area contributed by atoms with Crippen molar-refractivity contribution in [3.05, 3.63) is 0 Å². The number of piperidine rings is 1. The molecule has 1 amide bonds. The molecule has 5 heteroatoms. The highest BCUT2D eigenvalue weighted by Crippen LogP contribution is 2.18. The monoisotopic (exact) mass is 275 g/mol. The number of rotatable bonds is 4. The second-order valence-corrected chi connectivity index (χ2v) is 5.48. The largest absolute Gasteiger partial charge is 0.355 e. The number of hydrogen-bond donors (Lipinski definition) is 2. The van der Waals surface area contributed by atoms with E-state index in [1.807, 2.05) is 0 Å². The van der Waals surface area contributed by atoms with Gasteiger partial charge in [0, 0.05) is 6.54 Å². The Bertz CT molecular complexity index is 249. The molecule has 0 aromatic heterocycles. The molecule has 2 N–H and O–H groups in total. The SMILES string of the molecule is CN1CCC(CCNC(=O)[C@@H]2CCCN2)CC1.Cl. The maximum absolute atomic E-state index is 11.8. The standard InChI is InChI=1S/C13H25N3O.ClH/c1-16-9-5-11(6-10-16)4-8-15-13(17)12-3-2-7-14-12;/h11-12,14H,2-10H2,1H3,(H,15,17);1H/t12-;/m0./s1. The molecule has 0 bridgehead atoms. The summed E-state index contributed by atoms with van der Waals surface area (Å²) in [4.78, 5) is 14.1. The molecule has 0 radical (unpaired) electrons. The second-order valence-electron chi connectivity index (χ2n) is 5.48. The molecule has 0 spiro atoms. The molecule has 2 aliphatic heterocycles. The minimum Gasteiger partial charge on any atom is -0.355 e. The molecule has 0 saturated carbocycles. The summed E-state index contributed by atoms with van der Waals surface area (Å²) >= 11 is 0. The van der Waals surface area contributed by atoms with Crippen LogP contribution in [0, 0.1) is 5.92 Å². The summed E-state index contributed by atoms with van der Waals surface area (Å²) in [7, 11) is 2.18. The van der Waals surface area contributed by atoms with E-state index in [0.717, 1.165) is 38.3 Å². The molecule has 106 valence electrons. The van der Waals surface area contributed by atoms with E-state index in [1.165, 1.54) is 25.9 Å². The van der Waals surface area contributed by atoms with Gasteiger partial charge in [-0.2, -0.15) is 0 Å². The highest BCUT2D eigenvalue weighted by atomic mass is 35.5. The van der Waals surface area contributed by atoms with Crippen molar-refractivity contribution >= 4 is 18.3 Å². The van der Waals surface area contributed by atoms with Crippen molar-refractivity contribution in [2.75, 3.05) is 33.2 Å². The Kier molecular flexibility index (Phi) is 6.97. The minimum atomic E-state index is 0. The molecule has 0 aliphatic carbocycles. The van der Waals surface area contributed by atoms with Crippen LogP contribution in [-0.2, 0) is 4.79 Å². The van der Waals surface area contributed by atoms with Gasteiger partial charge in [0.25, 0.3) is 0 Å². The zero-order valence-electron chi connectivity index (χ0n) is 11.3. The van der Waals surface area contributed by atoms with Gasteiger partial charge in [0.05, 0.1) is 6.04 Å². The van der Waals surface area contributed by atoms with Crippen LogP contribution in [0.1, 0.15) is 32.1 Å². The smallest absolute Gasteiger partial charge is 0.237 e. The molecule has 0 aromatic rings. The van der Waals surface area contributed by atoms with E-state index < -0.39 is 0 Å². The number of hydrogen-bond acceptors (Lipinski definition) is 3. The van der Waals surface area contributed by atoms with Gasteiger partial charge >= 0.3 is 0 Å². The Morgan fingerprint density at radius 1 is 1.33 bits per heavy atom. The third-order valence-corrected chi connectivity index (χ3v) is 4.07. The van der Waals surface area contributed by atoms with Crippen molar-refractivity contribution in [2.24, 2.45) is 5.92 Å². The lowest BCUT2D eigenvalue weighted by molar-refractivity contribution is -0.122. The van der Waals surface area contributed by atoms with Gasteiger partial charge < -0.3 is 15.5 Å². The normalized spacial score (nSPS) is 25.7. The van der Waals surface area contributed by atoms with Crippen LogP contribution in [0.2, 0.25) is 0 Å². The summed E-state index contributed by atoms with van der Waals surface area (Å²) in [6, 6.07) is 0.0764. The van der Waals surface area contributed by atoms with Gasteiger partial charge in [-0.1, -0.05) is 0 Å². The first-order valence-electron chi connectivity index (χ1n) is 6.95. The summed E-state index contributed by atoms with van der Waals surface area (Å²) in [5.74, 6) is 1.01. The number of nitrogens with one attached hydrogen (secondary N) is 2. The van der Waals surface area contributed by atoms with E-state index >= 15 is 0 Å². The highest BCUT2D eigenvalue weighted by Gasteiger charge is 2.22. The molecular weight excluding hydrogens is 250 g/mol. The maximum atomic E-state index is 11.8. The summed E-state index contributed by atoms with van der Waals surface area (Å²) in [6.45, 7) is 4.27. The fraction of sp³-hybridized carbons (Fsp3) is 0.923. The fourth-order valence-corrected chi connectivity index (χ4v) is 2.78. The number of nitrogens with zero attached hydrogens (tertiary/aromatic N) is 1. The fourth-order valence-electron chi connectivity index (χ4n) is 2.78. The van der Waals surface area contributed by atoms with Gasteiger partial charge in [0.1, 0.15) is 0 Å². The number of carbonyl (C=O) groups excluding carboxylic acids is 1. The molecule has 2 fully saturated rings. The number of halogens is 1. The van der Waals surface area contributed by atoms with Crippen LogP contribution in [0.25, 0.3) is 0 Å². The molecule has 1 atom stereocenters. The number of carbonyl (C=O) groups is 1. The minimum absolute atomic E-state index is 0. The van der Waals surface area contributed by atoms with Crippen molar-refractivity contribution < 1.29 is 4.79 Å². The van der Waals surface area contributed by atoms with E-state index in [4.69, 9.17) is 0 Å². The average Bonchev–Trinajstić information content (AvgIpc) is 2.85. The van der Waals surface area contributed by atoms with Gasteiger partial charge in [0.2, 0.25) is 5.91 Å². The molecule has 2 aliphatic rings. The lowest BCUT2D eigenvalue weighted by Crippen LogP contribution is -2.41. The first kappa shape index (κ1) is 15.7. The summed E-state index contributed by atoms with van der Waals surface area (Å²) in [5, 5.41) is 6.30. The summed E-state index contributed by atoms with van der Waals surface area (Å²) in [6.07, 6.45) is 5.85. The van der Waals surface area contributed by atoms with Crippen LogP contribution in [0.5, 0.6) is 0 Å². The molecule has 2 rings (SSSR count). The van der Waals surface area contributed by atoms with Crippen LogP contribution in [0.4, 0.5) is 0 Å². The molecular formula is C13H26ClN3O. The van der Waals surface area contributed by atoms with Crippen molar-refractivity contribution in [1.82, 2.24) is 15.5 Å². The lowest BCUT2D eigenvalue weighted by Gasteiger charge is -2.29. The van der Waals surface area contributed by atoms with Gasteiger partial charge in [0.15, 0.2) is 0 Å². The maximum Gasteiger partial charge on any atom is 0.237 e. The van der Waals surface area contributed by atoms with E-state index in [9.17, 15) is 4.79 Å². The lowest BCUT2D eigenvalue weighted by atomic mass is 9.94. The Hall–Kier alpha value is -0.320. The van der Waals surface area contributed by atoms with Crippen LogP contribution >= 0.6 is 12.4 Å². The first-order valence-corrected chi connectivity index (χ1v) is 6.95. The van der Waals surface area contributed by atoms with E-state index in [-0.39, 0.29) is 24.4 Å².